The fourth-order valence-corrected chi connectivity index (χ4v) is 5.69. The van der Waals surface area contributed by atoms with Crippen molar-refractivity contribution in [2.75, 3.05) is 5.75 Å². The van der Waals surface area contributed by atoms with Gasteiger partial charge in [0.2, 0.25) is 0 Å². The second kappa shape index (κ2) is 10.1. The molecule has 0 aliphatic carbocycles. The first-order valence-electron chi connectivity index (χ1n) is 11.4. The predicted octanol–water partition coefficient (Wildman–Crippen LogP) is 7.49. The van der Waals surface area contributed by atoms with Crippen molar-refractivity contribution in [3.8, 4) is 5.75 Å². The molecule has 0 amide bonds. The number of aliphatic carboxylic acids is 1. The van der Waals surface area contributed by atoms with E-state index in [0.717, 1.165) is 39.0 Å². The third kappa shape index (κ3) is 5.21. The number of pyridine rings is 1. The van der Waals surface area contributed by atoms with Crippen LogP contribution >= 0.6 is 23.4 Å². The van der Waals surface area contributed by atoms with E-state index in [1.54, 1.807) is 18.7 Å². The van der Waals surface area contributed by atoms with Crippen LogP contribution in [-0.4, -0.2) is 21.8 Å². The van der Waals surface area contributed by atoms with Crippen molar-refractivity contribution >= 4 is 52.4 Å². The standard InChI is InChI=1S/C29H24ClNO3S/c1-18(29(32)33)17-35-28-24-5-3-2-4-21(24)16-34-27-13-7-19(14-25(27)28)6-11-23-12-9-20-8-10-22(30)15-26(20)31-23/h2-15,18,28H,16-17H2,1H3,(H,32,33)/t18-,28?/m0/s1. The Morgan fingerprint density at radius 3 is 2.80 bits per heavy atom. The van der Waals surface area contributed by atoms with Gasteiger partial charge in [-0.3, -0.25) is 4.79 Å². The van der Waals surface area contributed by atoms with E-state index in [4.69, 9.17) is 21.3 Å². The zero-order valence-electron chi connectivity index (χ0n) is 19.1. The predicted molar refractivity (Wildman–Crippen MR) is 144 cm³/mol. The van der Waals surface area contributed by atoms with Crippen molar-refractivity contribution in [2.24, 2.45) is 5.92 Å². The van der Waals surface area contributed by atoms with Crippen molar-refractivity contribution in [2.45, 2.75) is 18.8 Å². The molecule has 0 fully saturated rings. The van der Waals surface area contributed by atoms with E-state index in [2.05, 4.69) is 18.2 Å². The number of carboxylic acids is 1. The van der Waals surface area contributed by atoms with Crippen LogP contribution < -0.4 is 4.74 Å². The van der Waals surface area contributed by atoms with E-state index in [-0.39, 0.29) is 5.25 Å². The van der Waals surface area contributed by atoms with E-state index < -0.39 is 11.9 Å². The molecular formula is C29H24ClNO3S. The first-order valence-corrected chi connectivity index (χ1v) is 12.8. The van der Waals surface area contributed by atoms with Gasteiger partial charge in [-0.25, -0.2) is 4.98 Å². The molecule has 2 atom stereocenters. The van der Waals surface area contributed by atoms with Crippen molar-refractivity contribution in [3.05, 3.63) is 106 Å². The molecule has 4 aromatic rings. The molecule has 6 heteroatoms. The maximum atomic E-state index is 11.4. The molecule has 0 saturated carbocycles. The van der Waals surface area contributed by atoms with Gasteiger partial charge in [0.15, 0.2) is 0 Å². The molecule has 5 rings (SSSR count). The summed E-state index contributed by atoms with van der Waals surface area (Å²) in [6, 6.07) is 24.1. The number of carboxylic acid groups (broad SMARTS) is 1. The van der Waals surface area contributed by atoms with Crippen LogP contribution in [0.4, 0.5) is 0 Å². The normalized spacial score (nSPS) is 15.8. The number of nitrogens with zero attached hydrogens (tertiary/aromatic N) is 1. The monoisotopic (exact) mass is 501 g/mol. The van der Waals surface area contributed by atoms with Gasteiger partial charge in [-0.05, 0) is 53.1 Å². The minimum atomic E-state index is -0.781. The van der Waals surface area contributed by atoms with Crippen molar-refractivity contribution in [1.82, 2.24) is 4.98 Å². The first kappa shape index (κ1) is 23.5. The van der Waals surface area contributed by atoms with Gasteiger partial charge in [0.05, 0.1) is 22.4 Å². The van der Waals surface area contributed by atoms with Crippen LogP contribution in [0.2, 0.25) is 5.02 Å². The third-order valence-corrected chi connectivity index (χ3v) is 7.86. The molecule has 2 heterocycles. The minimum Gasteiger partial charge on any atom is -0.489 e. The summed E-state index contributed by atoms with van der Waals surface area (Å²) in [6.45, 7) is 2.24. The molecule has 1 N–H and O–H groups in total. The lowest BCUT2D eigenvalue weighted by Crippen LogP contribution is -2.13. The molecule has 3 aromatic carbocycles. The van der Waals surface area contributed by atoms with Crippen LogP contribution in [-0.2, 0) is 11.4 Å². The topological polar surface area (TPSA) is 59.4 Å². The summed E-state index contributed by atoms with van der Waals surface area (Å²) in [4.78, 5) is 16.2. The lowest BCUT2D eigenvalue weighted by atomic mass is 9.98. The van der Waals surface area contributed by atoms with Crippen LogP contribution in [0.3, 0.4) is 0 Å². The summed E-state index contributed by atoms with van der Waals surface area (Å²) in [5, 5.41) is 11.1. The maximum Gasteiger partial charge on any atom is 0.307 e. The number of halogens is 1. The van der Waals surface area contributed by atoms with Crippen molar-refractivity contribution < 1.29 is 14.6 Å². The third-order valence-electron chi connectivity index (χ3n) is 6.09. The second-order valence-electron chi connectivity index (χ2n) is 8.64. The summed E-state index contributed by atoms with van der Waals surface area (Å²) < 4.78 is 6.16. The number of aromatic nitrogens is 1. The molecule has 1 aliphatic rings. The van der Waals surface area contributed by atoms with Gasteiger partial charge in [-0.1, -0.05) is 67.1 Å². The van der Waals surface area contributed by atoms with Gasteiger partial charge >= 0.3 is 5.97 Å². The Morgan fingerprint density at radius 1 is 1.11 bits per heavy atom. The van der Waals surface area contributed by atoms with Gasteiger partial charge in [0, 0.05) is 21.7 Å². The summed E-state index contributed by atoms with van der Waals surface area (Å²) in [7, 11) is 0. The lowest BCUT2D eigenvalue weighted by molar-refractivity contribution is -0.140. The van der Waals surface area contributed by atoms with E-state index in [1.807, 2.05) is 66.7 Å². The smallest absolute Gasteiger partial charge is 0.307 e. The van der Waals surface area contributed by atoms with Crippen molar-refractivity contribution in [1.29, 1.82) is 0 Å². The maximum absolute atomic E-state index is 11.4. The van der Waals surface area contributed by atoms with Gasteiger partial charge in [-0.2, -0.15) is 0 Å². The van der Waals surface area contributed by atoms with Crippen LogP contribution in [0.15, 0.2) is 72.8 Å². The molecule has 1 unspecified atom stereocenters. The molecule has 1 aliphatic heterocycles. The highest BCUT2D eigenvalue weighted by Gasteiger charge is 2.26. The average Bonchev–Trinajstić information content (AvgIpc) is 3.02. The highest BCUT2D eigenvalue weighted by Crippen LogP contribution is 2.45. The van der Waals surface area contributed by atoms with Crippen LogP contribution in [0.5, 0.6) is 5.75 Å². The Balaban J connectivity index is 1.48. The number of benzene rings is 3. The average molecular weight is 502 g/mol. The number of carbonyl (C=O) groups is 1. The number of hydrogen-bond acceptors (Lipinski definition) is 4. The van der Waals surface area contributed by atoms with Crippen molar-refractivity contribution in [3.63, 3.8) is 0 Å². The molecule has 4 nitrogen and oxygen atoms in total. The minimum absolute atomic E-state index is 0.0141. The molecule has 0 saturated heterocycles. The molecule has 0 bridgehead atoms. The molecule has 176 valence electrons. The SMILES string of the molecule is C[C@@H](CSC1c2ccccc2COc2ccc(C=Cc3ccc4ccc(Cl)cc4n3)cc21)C(=O)O. The van der Waals surface area contributed by atoms with Gasteiger partial charge < -0.3 is 9.84 Å². The number of fused-ring (bicyclic) bond motifs is 3. The lowest BCUT2D eigenvalue weighted by Gasteiger charge is -2.20. The van der Waals surface area contributed by atoms with E-state index in [0.29, 0.717) is 17.4 Å². The van der Waals surface area contributed by atoms with Gasteiger partial charge in [0.1, 0.15) is 12.4 Å². The summed E-state index contributed by atoms with van der Waals surface area (Å²) in [5.74, 6) is 0.126. The number of thioether (sulfide) groups is 1. The molecule has 1 aromatic heterocycles. The number of ether oxygens (including phenoxy) is 1. The van der Waals surface area contributed by atoms with Crippen LogP contribution in [0.25, 0.3) is 23.1 Å². The summed E-state index contributed by atoms with van der Waals surface area (Å²) in [6.07, 6.45) is 4.03. The van der Waals surface area contributed by atoms with Gasteiger partial charge in [0.25, 0.3) is 0 Å². The fraction of sp³-hybridized carbons (Fsp3) is 0.172. The van der Waals surface area contributed by atoms with E-state index in [1.165, 1.54) is 5.56 Å². The molecule has 0 spiro atoms. The zero-order valence-corrected chi connectivity index (χ0v) is 20.7. The largest absolute Gasteiger partial charge is 0.489 e. The second-order valence-corrected chi connectivity index (χ2v) is 10.2. The van der Waals surface area contributed by atoms with Gasteiger partial charge in [-0.15, -0.1) is 11.8 Å². The highest BCUT2D eigenvalue weighted by molar-refractivity contribution is 7.99. The Kier molecular flexibility index (Phi) is 6.80. The molecule has 35 heavy (non-hydrogen) atoms. The quantitative estimate of drug-likeness (QED) is 0.296. The van der Waals surface area contributed by atoms with Crippen LogP contribution in [0.1, 0.15) is 40.1 Å². The number of hydrogen-bond donors (Lipinski definition) is 1. The molecule has 0 radical (unpaired) electrons. The Hall–Kier alpha value is -3.28. The summed E-state index contributed by atoms with van der Waals surface area (Å²) in [5.41, 5.74) is 6.07. The number of rotatable bonds is 6. The zero-order chi connectivity index (χ0) is 24.4. The first-order chi connectivity index (χ1) is 17.0. The van der Waals surface area contributed by atoms with Crippen LogP contribution in [0, 0.1) is 5.92 Å². The highest BCUT2D eigenvalue weighted by atomic mass is 35.5. The Morgan fingerprint density at radius 2 is 1.94 bits per heavy atom. The van der Waals surface area contributed by atoms with E-state index in [9.17, 15) is 9.90 Å². The Labute approximate surface area is 213 Å². The fourth-order valence-electron chi connectivity index (χ4n) is 4.12. The van der Waals surface area contributed by atoms with E-state index >= 15 is 0 Å². The Bertz CT molecular complexity index is 1430. The summed E-state index contributed by atoms with van der Waals surface area (Å²) >= 11 is 7.78. The molecular weight excluding hydrogens is 478 g/mol.